The van der Waals surface area contributed by atoms with Crippen molar-refractivity contribution in [2.24, 2.45) is 0 Å². The second-order valence-corrected chi connectivity index (χ2v) is 5.80. The first kappa shape index (κ1) is 19.3. The van der Waals surface area contributed by atoms with Gasteiger partial charge in [0.1, 0.15) is 17.6 Å². The van der Waals surface area contributed by atoms with Gasteiger partial charge in [0.2, 0.25) is 0 Å². The molecule has 0 amide bonds. The summed E-state index contributed by atoms with van der Waals surface area (Å²) in [5, 5.41) is 27.7. The van der Waals surface area contributed by atoms with E-state index < -0.39 is 11.9 Å². The number of carboxylic acid groups (broad SMARTS) is 2. The van der Waals surface area contributed by atoms with Crippen molar-refractivity contribution < 1.29 is 29.6 Å². The van der Waals surface area contributed by atoms with Crippen molar-refractivity contribution in [3.05, 3.63) is 59.7 Å². The summed E-state index contributed by atoms with van der Waals surface area (Å²) in [6, 6.07) is 15.7. The molecule has 0 radical (unpaired) electrons. The fraction of sp³-hybridized carbons (Fsp3) is 0.263. The van der Waals surface area contributed by atoms with Crippen LogP contribution in [0.5, 0.6) is 11.5 Å². The second-order valence-electron chi connectivity index (χ2n) is 5.80. The molecule has 1 aliphatic heterocycles. The maximum Gasteiger partial charge on any atom is 0.414 e. The second kappa shape index (κ2) is 9.43. The van der Waals surface area contributed by atoms with Gasteiger partial charge in [-0.3, -0.25) is 0 Å². The summed E-state index contributed by atoms with van der Waals surface area (Å²) >= 11 is 0. The minimum atomic E-state index is -1.82. The molecule has 138 valence electrons. The number of phenolic OH excluding ortho intramolecular Hbond substituents is 1. The molecule has 7 heteroatoms. The number of aromatic hydroxyl groups is 1. The minimum Gasteiger partial charge on any atom is -0.508 e. The number of carboxylic acids is 2. The zero-order valence-corrected chi connectivity index (χ0v) is 14.1. The Hall–Kier alpha value is -3.06. The van der Waals surface area contributed by atoms with Crippen LogP contribution < -0.4 is 10.1 Å². The van der Waals surface area contributed by atoms with Crippen molar-refractivity contribution >= 4 is 11.9 Å². The first-order valence-electron chi connectivity index (χ1n) is 8.15. The van der Waals surface area contributed by atoms with Crippen LogP contribution in [0.1, 0.15) is 17.5 Å². The molecule has 1 heterocycles. The van der Waals surface area contributed by atoms with Crippen LogP contribution in [-0.2, 0) is 22.6 Å². The monoisotopic (exact) mass is 359 g/mol. The number of hydrogen-bond donors (Lipinski definition) is 4. The molecule has 0 unspecified atom stereocenters. The lowest BCUT2D eigenvalue weighted by molar-refractivity contribution is -0.159. The van der Waals surface area contributed by atoms with Gasteiger partial charge >= 0.3 is 11.9 Å². The fourth-order valence-electron chi connectivity index (χ4n) is 2.53. The SMILES string of the molecule is O=C(O)C(=O)O.Oc1ccc2c(c1)O[C@@H](CNCc1ccccc1)CC2. The molecule has 1 atom stereocenters. The molecule has 7 nitrogen and oxygen atoms in total. The third kappa shape index (κ3) is 6.10. The van der Waals surface area contributed by atoms with Crippen molar-refractivity contribution in [3.63, 3.8) is 0 Å². The van der Waals surface area contributed by atoms with Gasteiger partial charge in [-0.25, -0.2) is 9.59 Å². The lowest BCUT2D eigenvalue weighted by Crippen LogP contribution is -2.33. The molecule has 0 saturated heterocycles. The highest BCUT2D eigenvalue weighted by Crippen LogP contribution is 2.30. The molecular weight excluding hydrogens is 338 g/mol. The highest BCUT2D eigenvalue weighted by Gasteiger charge is 2.19. The van der Waals surface area contributed by atoms with Gasteiger partial charge in [0.15, 0.2) is 0 Å². The van der Waals surface area contributed by atoms with E-state index in [2.05, 4.69) is 17.4 Å². The summed E-state index contributed by atoms with van der Waals surface area (Å²) in [7, 11) is 0. The molecule has 4 N–H and O–H groups in total. The van der Waals surface area contributed by atoms with Gasteiger partial charge in [-0.15, -0.1) is 0 Å². The number of rotatable bonds is 4. The third-order valence-corrected chi connectivity index (χ3v) is 3.81. The molecule has 0 aliphatic carbocycles. The topological polar surface area (TPSA) is 116 Å². The summed E-state index contributed by atoms with van der Waals surface area (Å²) in [5.74, 6) is -2.56. The van der Waals surface area contributed by atoms with Crippen molar-refractivity contribution in [1.29, 1.82) is 0 Å². The summed E-state index contributed by atoms with van der Waals surface area (Å²) in [6.07, 6.45) is 2.19. The Kier molecular flexibility index (Phi) is 6.99. The van der Waals surface area contributed by atoms with E-state index in [4.69, 9.17) is 24.5 Å². The van der Waals surface area contributed by atoms with E-state index in [9.17, 15) is 5.11 Å². The molecule has 0 fully saturated rings. The average molecular weight is 359 g/mol. The van der Waals surface area contributed by atoms with Crippen LogP contribution in [-0.4, -0.2) is 39.9 Å². The smallest absolute Gasteiger partial charge is 0.414 e. The number of nitrogens with one attached hydrogen (secondary N) is 1. The van der Waals surface area contributed by atoms with Crippen molar-refractivity contribution in [2.45, 2.75) is 25.5 Å². The molecule has 2 aromatic carbocycles. The van der Waals surface area contributed by atoms with Crippen LogP contribution in [0.3, 0.4) is 0 Å². The van der Waals surface area contributed by atoms with Crippen LogP contribution in [0.15, 0.2) is 48.5 Å². The summed E-state index contributed by atoms with van der Waals surface area (Å²) in [5.41, 5.74) is 2.46. The molecule has 0 spiro atoms. The van der Waals surface area contributed by atoms with Gasteiger partial charge in [-0.2, -0.15) is 0 Å². The van der Waals surface area contributed by atoms with Gasteiger partial charge < -0.3 is 25.4 Å². The first-order valence-corrected chi connectivity index (χ1v) is 8.15. The van der Waals surface area contributed by atoms with Crippen LogP contribution in [0.4, 0.5) is 0 Å². The number of carbonyl (C=O) groups is 2. The molecule has 0 bridgehead atoms. The third-order valence-electron chi connectivity index (χ3n) is 3.81. The molecular formula is C19H21NO6. The number of fused-ring (bicyclic) bond motifs is 1. The summed E-state index contributed by atoms with van der Waals surface area (Å²) < 4.78 is 5.93. The van der Waals surface area contributed by atoms with Crippen molar-refractivity contribution in [1.82, 2.24) is 5.32 Å². The standard InChI is InChI=1S/C17H19NO2.C2H2O4/c19-15-8-6-14-7-9-16(20-17(14)10-15)12-18-11-13-4-2-1-3-5-13;3-1(4)2(5)6/h1-6,8,10,16,18-19H,7,9,11-12H2;(H,3,4)(H,5,6)/t16-;/m1./s1. The summed E-state index contributed by atoms with van der Waals surface area (Å²) in [6.45, 7) is 1.68. The van der Waals surface area contributed by atoms with Gasteiger partial charge in [0.25, 0.3) is 0 Å². The van der Waals surface area contributed by atoms with Crippen molar-refractivity contribution in [3.8, 4) is 11.5 Å². The average Bonchev–Trinajstić information content (AvgIpc) is 2.62. The Labute approximate surface area is 150 Å². The summed E-state index contributed by atoms with van der Waals surface area (Å²) in [4.78, 5) is 18.2. The molecule has 0 saturated carbocycles. The maximum atomic E-state index is 9.50. The van der Waals surface area contributed by atoms with Crippen LogP contribution in [0, 0.1) is 0 Å². The number of phenols is 1. The number of hydrogen-bond acceptors (Lipinski definition) is 5. The minimum absolute atomic E-state index is 0.174. The van der Waals surface area contributed by atoms with Crippen LogP contribution in [0.25, 0.3) is 0 Å². The Morgan fingerprint density at radius 3 is 2.42 bits per heavy atom. The van der Waals surface area contributed by atoms with E-state index in [0.717, 1.165) is 31.7 Å². The lowest BCUT2D eigenvalue weighted by Gasteiger charge is -2.26. The molecule has 1 aliphatic rings. The molecule has 26 heavy (non-hydrogen) atoms. The lowest BCUT2D eigenvalue weighted by atomic mass is 10.0. The van der Waals surface area contributed by atoms with Crippen molar-refractivity contribution in [2.75, 3.05) is 6.54 Å². The predicted octanol–water partition coefficient (Wildman–Crippen LogP) is 2.03. The van der Waals surface area contributed by atoms with Crippen LogP contribution in [0.2, 0.25) is 0 Å². The maximum absolute atomic E-state index is 9.50. The van der Waals surface area contributed by atoms with Gasteiger partial charge in [0.05, 0.1) is 0 Å². The van der Waals surface area contributed by atoms with E-state index in [1.54, 1.807) is 12.1 Å². The quantitative estimate of drug-likeness (QED) is 0.617. The first-order chi connectivity index (χ1) is 12.5. The number of ether oxygens (including phenoxy) is 1. The van der Waals surface area contributed by atoms with Gasteiger partial charge in [0, 0.05) is 19.2 Å². The normalized spacial score (nSPS) is 15.0. The zero-order chi connectivity index (χ0) is 18.9. The number of benzene rings is 2. The molecule has 0 aromatic heterocycles. The fourth-order valence-corrected chi connectivity index (χ4v) is 2.53. The Bertz CT molecular complexity index is 735. The Balaban J connectivity index is 0.000000352. The van der Waals surface area contributed by atoms with E-state index in [1.807, 2.05) is 24.3 Å². The largest absolute Gasteiger partial charge is 0.508 e. The highest BCUT2D eigenvalue weighted by atomic mass is 16.5. The van der Waals surface area contributed by atoms with E-state index in [-0.39, 0.29) is 11.9 Å². The highest BCUT2D eigenvalue weighted by molar-refractivity contribution is 6.27. The van der Waals surface area contributed by atoms with Gasteiger partial charge in [-0.05, 0) is 30.0 Å². The van der Waals surface area contributed by atoms with E-state index in [0.29, 0.717) is 0 Å². The van der Waals surface area contributed by atoms with Gasteiger partial charge in [-0.1, -0.05) is 36.4 Å². The van der Waals surface area contributed by atoms with E-state index in [1.165, 1.54) is 11.1 Å². The van der Waals surface area contributed by atoms with E-state index >= 15 is 0 Å². The van der Waals surface area contributed by atoms with Crippen LogP contribution >= 0.6 is 0 Å². The zero-order valence-electron chi connectivity index (χ0n) is 14.1. The predicted molar refractivity (Wildman–Crippen MR) is 94.3 cm³/mol. The Morgan fingerprint density at radius 1 is 1.08 bits per heavy atom. The Morgan fingerprint density at radius 2 is 1.77 bits per heavy atom. The number of aliphatic carboxylic acids is 2. The molecule has 2 aromatic rings. The molecule has 3 rings (SSSR count). The number of aryl methyl sites for hydroxylation is 1.